The second-order valence-electron chi connectivity index (χ2n) is 3.77. The fourth-order valence-corrected chi connectivity index (χ4v) is 2.14. The molecule has 0 aliphatic carbocycles. The molecule has 1 rings (SSSR count). The Balaban J connectivity index is 2.84. The average molecular weight is 270 g/mol. The number of nitrogens with zero attached hydrogens (tertiary/aromatic N) is 2. The zero-order chi connectivity index (χ0) is 12.8. The molecule has 6 heteroatoms. The van der Waals surface area contributed by atoms with Gasteiger partial charge in [0.25, 0.3) is 0 Å². The van der Waals surface area contributed by atoms with E-state index in [2.05, 4.69) is 21.8 Å². The van der Waals surface area contributed by atoms with Crippen LogP contribution in [-0.4, -0.2) is 33.7 Å². The van der Waals surface area contributed by atoms with Crippen molar-refractivity contribution in [3.05, 3.63) is 16.8 Å². The minimum absolute atomic E-state index is 0.368. The minimum atomic E-state index is 0.368. The summed E-state index contributed by atoms with van der Waals surface area (Å²) in [7, 11) is 0. The molecular weight excluding hydrogens is 252 g/mol. The van der Waals surface area contributed by atoms with Gasteiger partial charge in [-0.3, -0.25) is 0 Å². The summed E-state index contributed by atoms with van der Waals surface area (Å²) < 4.78 is 0. The van der Waals surface area contributed by atoms with E-state index in [0.29, 0.717) is 10.8 Å². The average Bonchev–Trinajstić information content (AvgIpc) is 2.28. The SMILES string of the molecule is CSCCCNc1nnc(C)c(C)c1C(N)=S. The van der Waals surface area contributed by atoms with Gasteiger partial charge in [0, 0.05) is 6.54 Å². The van der Waals surface area contributed by atoms with E-state index in [1.54, 1.807) is 0 Å². The third kappa shape index (κ3) is 3.81. The van der Waals surface area contributed by atoms with Gasteiger partial charge < -0.3 is 11.1 Å². The molecular formula is C11H18N4S2. The summed E-state index contributed by atoms with van der Waals surface area (Å²) in [6, 6.07) is 0. The van der Waals surface area contributed by atoms with Crippen molar-refractivity contribution in [3.8, 4) is 0 Å². The molecule has 0 atom stereocenters. The zero-order valence-corrected chi connectivity index (χ0v) is 12.0. The Kier molecular flexibility index (Phi) is 5.64. The maximum Gasteiger partial charge on any atom is 0.159 e. The molecule has 4 nitrogen and oxygen atoms in total. The first kappa shape index (κ1) is 14.2. The van der Waals surface area contributed by atoms with Crippen molar-refractivity contribution in [2.75, 3.05) is 23.9 Å². The number of hydrogen-bond donors (Lipinski definition) is 2. The molecule has 0 saturated heterocycles. The van der Waals surface area contributed by atoms with Gasteiger partial charge in [-0.05, 0) is 37.8 Å². The lowest BCUT2D eigenvalue weighted by atomic mass is 10.1. The first-order valence-corrected chi connectivity index (χ1v) is 7.24. The summed E-state index contributed by atoms with van der Waals surface area (Å²) in [5, 5.41) is 11.5. The van der Waals surface area contributed by atoms with Crippen molar-refractivity contribution in [1.29, 1.82) is 0 Å². The summed E-state index contributed by atoms with van der Waals surface area (Å²) >= 11 is 6.89. The predicted molar refractivity (Wildman–Crippen MR) is 78.9 cm³/mol. The van der Waals surface area contributed by atoms with Crippen molar-refractivity contribution in [1.82, 2.24) is 10.2 Å². The molecule has 0 spiro atoms. The normalized spacial score (nSPS) is 10.3. The number of nitrogens with one attached hydrogen (secondary N) is 1. The molecule has 0 amide bonds. The van der Waals surface area contributed by atoms with Gasteiger partial charge in [0.2, 0.25) is 0 Å². The fraction of sp³-hybridized carbons (Fsp3) is 0.545. The predicted octanol–water partition coefficient (Wildman–Crippen LogP) is 1.89. The van der Waals surface area contributed by atoms with Crippen molar-refractivity contribution in [3.63, 3.8) is 0 Å². The van der Waals surface area contributed by atoms with Gasteiger partial charge in [0.1, 0.15) is 4.99 Å². The van der Waals surface area contributed by atoms with Gasteiger partial charge in [0.15, 0.2) is 5.82 Å². The molecule has 3 N–H and O–H groups in total. The maximum absolute atomic E-state index is 5.73. The molecule has 1 aromatic heterocycles. The Morgan fingerprint density at radius 2 is 2.12 bits per heavy atom. The molecule has 1 heterocycles. The highest BCUT2D eigenvalue weighted by Crippen LogP contribution is 2.18. The zero-order valence-electron chi connectivity index (χ0n) is 10.4. The van der Waals surface area contributed by atoms with E-state index in [-0.39, 0.29) is 0 Å². The summed E-state index contributed by atoms with van der Waals surface area (Å²) in [4.78, 5) is 0.368. The van der Waals surface area contributed by atoms with Crippen LogP contribution in [0, 0.1) is 13.8 Å². The molecule has 0 radical (unpaired) electrons. The van der Waals surface area contributed by atoms with E-state index in [4.69, 9.17) is 18.0 Å². The fourth-order valence-electron chi connectivity index (χ4n) is 1.46. The van der Waals surface area contributed by atoms with E-state index >= 15 is 0 Å². The van der Waals surface area contributed by atoms with E-state index < -0.39 is 0 Å². The lowest BCUT2D eigenvalue weighted by Gasteiger charge is -2.12. The third-order valence-corrected chi connectivity index (χ3v) is 3.42. The van der Waals surface area contributed by atoms with Crippen LogP contribution in [0.4, 0.5) is 5.82 Å². The van der Waals surface area contributed by atoms with Crippen LogP contribution in [0.5, 0.6) is 0 Å². The maximum atomic E-state index is 5.73. The van der Waals surface area contributed by atoms with Crippen molar-refractivity contribution >= 4 is 34.8 Å². The van der Waals surface area contributed by atoms with Crippen LogP contribution in [0.1, 0.15) is 23.2 Å². The number of nitrogens with two attached hydrogens (primary N) is 1. The first-order chi connectivity index (χ1) is 8.07. The lowest BCUT2D eigenvalue weighted by Crippen LogP contribution is -2.18. The number of thiocarbonyl (C=S) groups is 1. The van der Waals surface area contributed by atoms with Gasteiger partial charge in [-0.15, -0.1) is 5.10 Å². The number of hydrogen-bond acceptors (Lipinski definition) is 5. The second-order valence-corrected chi connectivity index (χ2v) is 5.20. The van der Waals surface area contributed by atoms with E-state index in [1.807, 2.05) is 25.6 Å². The highest BCUT2D eigenvalue weighted by molar-refractivity contribution is 7.98. The number of rotatable bonds is 6. The van der Waals surface area contributed by atoms with Crippen molar-refractivity contribution < 1.29 is 0 Å². The molecule has 0 fully saturated rings. The smallest absolute Gasteiger partial charge is 0.159 e. The van der Waals surface area contributed by atoms with E-state index in [9.17, 15) is 0 Å². The van der Waals surface area contributed by atoms with Gasteiger partial charge in [-0.25, -0.2) is 0 Å². The molecule has 0 unspecified atom stereocenters. The Hall–Kier alpha value is -0.880. The Labute approximate surface area is 112 Å². The number of thioether (sulfide) groups is 1. The molecule has 17 heavy (non-hydrogen) atoms. The number of anilines is 1. The molecule has 0 aliphatic heterocycles. The van der Waals surface area contributed by atoms with Gasteiger partial charge in [-0.1, -0.05) is 12.2 Å². The van der Waals surface area contributed by atoms with Crippen molar-refractivity contribution in [2.45, 2.75) is 20.3 Å². The highest BCUT2D eigenvalue weighted by atomic mass is 32.2. The standard InChI is InChI=1S/C11H18N4S2/c1-7-8(2)14-15-11(9(7)10(12)16)13-5-4-6-17-3/h4-6H2,1-3H3,(H2,12,16)(H,13,15). The third-order valence-electron chi connectivity index (χ3n) is 2.52. The van der Waals surface area contributed by atoms with Crippen LogP contribution in [0.15, 0.2) is 0 Å². The van der Waals surface area contributed by atoms with E-state index in [0.717, 1.165) is 35.5 Å². The molecule has 0 bridgehead atoms. The highest BCUT2D eigenvalue weighted by Gasteiger charge is 2.12. The second kappa shape index (κ2) is 6.76. The van der Waals surface area contributed by atoms with Crippen LogP contribution >= 0.6 is 24.0 Å². The summed E-state index contributed by atoms with van der Waals surface area (Å²) in [6.45, 7) is 4.72. The summed E-state index contributed by atoms with van der Waals surface area (Å²) in [5.74, 6) is 1.81. The lowest BCUT2D eigenvalue weighted by molar-refractivity contribution is 0.922. The van der Waals surface area contributed by atoms with Crippen LogP contribution < -0.4 is 11.1 Å². The molecule has 0 saturated carbocycles. The monoisotopic (exact) mass is 270 g/mol. The Bertz CT molecular complexity index is 407. The quantitative estimate of drug-likeness (QED) is 0.608. The Morgan fingerprint density at radius 1 is 1.41 bits per heavy atom. The van der Waals surface area contributed by atoms with Crippen LogP contribution in [-0.2, 0) is 0 Å². The van der Waals surface area contributed by atoms with Crippen LogP contribution in [0.25, 0.3) is 0 Å². The molecule has 1 aromatic rings. The van der Waals surface area contributed by atoms with Crippen LogP contribution in [0.2, 0.25) is 0 Å². The topological polar surface area (TPSA) is 63.8 Å². The molecule has 0 aliphatic rings. The molecule has 94 valence electrons. The van der Waals surface area contributed by atoms with Crippen LogP contribution in [0.3, 0.4) is 0 Å². The van der Waals surface area contributed by atoms with E-state index in [1.165, 1.54) is 0 Å². The number of aryl methyl sites for hydroxylation is 1. The summed E-state index contributed by atoms with van der Waals surface area (Å²) in [5.41, 5.74) is 8.41. The molecule has 0 aromatic carbocycles. The minimum Gasteiger partial charge on any atom is -0.389 e. The largest absolute Gasteiger partial charge is 0.389 e. The first-order valence-electron chi connectivity index (χ1n) is 5.44. The number of aromatic nitrogens is 2. The van der Waals surface area contributed by atoms with Gasteiger partial charge in [-0.2, -0.15) is 16.9 Å². The van der Waals surface area contributed by atoms with Crippen molar-refractivity contribution in [2.24, 2.45) is 5.73 Å². The van der Waals surface area contributed by atoms with Gasteiger partial charge >= 0.3 is 0 Å². The summed E-state index contributed by atoms with van der Waals surface area (Å²) in [6.07, 6.45) is 3.17. The Morgan fingerprint density at radius 3 is 2.71 bits per heavy atom. The van der Waals surface area contributed by atoms with Gasteiger partial charge in [0.05, 0.1) is 11.3 Å².